The van der Waals surface area contributed by atoms with E-state index in [-0.39, 0.29) is 0 Å². The zero-order chi connectivity index (χ0) is 18.9. The summed E-state index contributed by atoms with van der Waals surface area (Å²) in [6.45, 7) is 10.6. The number of nitrogens with one attached hydrogen (secondary N) is 2. The van der Waals surface area contributed by atoms with Gasteiger partial charge in [-0.1, -0.05) is 25.5 Å². The van der Waals surface area contributed by atoms with Crippen molar-refractivity contribution in [3.8, 4) is 5.75 Å². The molecular formula is C22H36N4O. The van der Waals surface area contributed by atoms with Gasteiger partial charge in [-0.3, -0.25) is 4.99 Å². The van der Waals surface area contributed by atoms with Crippen LogP contribution < -0.4 is 15.4 Å². The highest BCUT2D eigenvalue weighted by atomic mass is 16.5. The molecule has 0 radical (unpaired) electrons. The van der Waals surface area contributed by atoms with Crippen molar-refractivity contribution in [3.63, 3.8) is 0 Å². The van der Waals surface area contributed by atoms with Crippen LogP contribution in [0.2, 0.25) is 0 Å². The zero-order valence-electron chi connectivity index (χ0n) is 17.1. The predicted octanol–water partition coefficient (Wildman–Crippen LogP) is 2.98. The molecule has 27 heavy (non-hydrogen) atoms. The van der Waals surface area contributed by atoms with E-state index in [1.54, 1.807) is 0 Å². The summed E-state index contributed by atoms with van der Waals surface area (Å²) in [7, 11) is 0. The molecule has 0 aliphatic carbocycles. The topological polar surface area (TPSA) is 48.9 Å². The van der Waals surface area contributed by atoms with Crippen LogP contribution >= 0.6 is 0 Å². The van der Waals surface area contributed by atoms with Gasteiger partial charge in [0.15, 0.2) is 5.96 Å². The van der Waals surface area contributed by atoms with Crippen molar-refractivity contribution >= 4 is 5.96 Å². The van der Waals surface area contributed by atoms with Gasteiger partial charge in [0.05, 0.1) is 6.61 Å². The first-order valence-electron chi connectivity index (χ1n) is 10.8. The fourth-order valence-electron chi connectivity index (χ4n) is 3.89. The molecule has 0 unspecified atom stereocenters. The quantitative estimate of drug-likeness (QED) is 0.544. The summed E-state index contributed by atoms with van der Waals surface area (Å²) in [6.07, 6.45) is 7.02. The molecule has 1 aromatic rings. The first-order chi connectivity index (χ1) is 13.3. The molecule has 0 saturated carbocycles. The summed E-state index contributed by atoms with van der Waals surface area (Å²) in [5, 5.41) is 7.06. The number of hydrogen-bond acceptors (Lipinski definition) is 3. The van der Waals surface area contributed by atoms with E-state index in [0.717, 1.165) is 44.2 Å². The Morgan fingerprint density at radius 1 is 1.26 bits per heavy atom. The Morgan fingerprint density at radius 2 is 2.11 bits per heavy atom. The van der Waals surface area contributed by atoms with Gasteiger partial charge >= 0.3 is 0 Å². The Morgan fingerprint density at radius 3 is 2.89 bits per heavy atom. The predicted molar refractivity (Wildman–Crippen MR) is 113 cm³/mol. The number of nitrogens with zero attached hydrogens (tertiary/aromatic N) is 2. The number of benzene rings is 1. The fourth-order valence-corrected chi connectivity index (χ4v) is 3.89. The molecule has 150 valence electrons. The van der Waals surface area contributed by atoms with Crippen molar-refractivity contribution in [2.45, 2.75) is 58.4 Å². The van der Waals surface area contributed by atoms with Crippen molar-refractivity contribution in [2.24, 2.45) is 4.99 Å². The van der Waals surface area contributed by atoms with Crippen LogP contribution in [0, 0.1) is 0 Å². The van der Waals surface area contributed by atoms with Gasteiger partial charge in [0.1, 0.15) is 5.75 Å². The minimum atomic E-state index is 0.540. The normalized spacial score (nSPS) is 18.2. The van der Waals surface area contributed by atoms with Crippen molar-refractivity contribution in [1.29, 1.82) is 0 Å². The van der Waals surface area contributed by atoms with Crippen LogP contribution in [0.4, 0.5) is 0 Å². The van der Waals surface area contributed by atoms with E-state index in [1.807, 2.05) is 0 Å². The number of aliphatic imine (C=N–C) groups is 1. The summed E-state index contributed by atoms with van der Waals surface area (Å²) in [4.78, 5) is 7.42. The zero-order valence-corrected chi connectivity index (χ0v) is 17.1. The Balaban J connectivity index is 1.45. The highest BCUT2D eigenvalue weighted by molar-refractivity contribution is 5.80. The number of guanidine groups is 1. The van der Waals surface area contributed by atoms with E-state index in [4.69, 9.17) is 9.73 Å². The monoisotopic (exact) mass is 372 g/mol. The van der Waals surface area contributed by atoms with E-state index >= 15 is 0 Å². The average molecular weight is 373 g/mol. The summed E-state index contributed by atoms with van der Waals surface area (Å²) in [5.74, 6) is 2.02. The van der Waals surface area contributed by atoms with Gasteiger partial charge < -0.3 is 20.3 Å². The van der Waals surface area contributed by atoms with Gasteiger partial charge in [0.25, 0.3) is 0 Å². The summed E-state index contributed by atoms with van der Waals surface area (Å²) in [6, 6.07) is 7.10. The van der Waals surface area contributed by atoms with Crippen molar-refractivity contribution in [3.05, 3.63) is 29.3 Å². The third kappa shape index (κ3) is 6.13. The van der Waals surface area contributed by atoms with Crippen LogP contribution in [0.1, 0.15) is 50.7 Å². The van der Waals surface area contributed by atoms with Crippen molar-refractivity contribution < 1.29 is 4.74 Å². The van der Waals surface area contributed by atoms with Crippen LogP contribution in [-0.4, -0.2) is 56.2 Å². The summed E-state index contributed by atoms with van der Waals surface area (Å²) in [5.41, 5.74) is 2.69. The lowest BCUT2D eigenvalue weighted by Gasteiger charge is -2.33. The maximum Gasteiger partial charge on any atom is 0.191 e. The van der Waals surface area contributed by atoms with Gasteiger partial charge in [-0.25, -0.2) is 0 Å². The molecule has 2 N–H and O–H groups in total. The van der Waals surface area contributed by atoms with Gasteiger partial charge in [0, 0.05) is 38.6 Å². The number of ether oxygens (including phenoxy) is 1. The number of unbranched alkanes of at least 4 members (excludes halogenated alkanes) is 1. The lowest BCUT2D eigenvalue weighted by Crippen LogP contribution is -2.48. The largest absolute Gasteiger partial charge is 0.493 e. The number of rotatable bonds is 8. The van der Waals surface area contributed by atoms with E-state index in [2.05, 4.69) is 47.6 Å². The molecule has 1 fully saturated rings. The maximum absolute atomic E-state index is 5.59. The molecular weight excluding hydrogens is 336 g/mol. The van der Waals surface area contributed by atoms with Crippen LogP contribution in [0.15, 0.2) is 23.2 Å². The van der Waals surface area contributed by atoms with Gasteiger partial charge in [0.2, 0.25) is 0 Å². The van der Waals surface area contributed by atoms with Gasteiger partial charge in [-0.15, -0.1) is 0 Å². The van der Waals surface area contributed by atoms with Crippen molar-refractivity contribution in [1.82, 2.24) is 15.5 Å². The van der Waals surface area contributed by atoms with E-state index in [0.29, 0.717) is 6.04 Å². The molecule has 1 saturated heterocycles. The molecule has 0 spiro atoms. The maximum atomic E-state index is 5.59. The Labute approximate surface area is 164 Å². The first kappa shape index (κ1) is 20.0. The second-order valence-electron chi connectivity index (χ2n) is 7.66. The van der Waals surface area contributed by atoms with Crippen LogP contribution in [-0.2, 0) is 12.8 Å². The minimum Gasteiger partial charge on any atom is -0.493 e. The highest BCUT2D eigenvalue weighted by Crippen LogP contribution is 2.25. The van der Waals surface area contributed by atoms with E-state index in [1.165, 1.54) is 56.4 Å². The Bertz CT molecular complexity index is 608. The number of likely N-dealkylation sites (tertiary alicyclic amines) is 1. The van der Waals surface area contributed by atoms with Gasteiger partial charge in [-0.2, -0.15) is 0 Å². The van der Waals surface area contributed by atoms with Crippen LogP contribution in [0.25, 0.3) is 0 Å². The minimum absolute atomic E-state index is 0.540. The van der Waals surface area contributed by atoms with Crippen molar-refractivity contribution in [2.75, 3.05) is 39.3 Å². The van der Waals surface area contributed by atoms with E-state index in [9.17, 15) is 0 Å². The van der Waals surface area contributed by atoms with Crippen LogP contribution in [0.5, 0.6) is 5.75 Å². The number of piperidine rings is 1. The number of fused-ring (bicyclic) bond motifs is 1. The van der Waals surface area contributed by atoms with E-state index < -0.39 is 0 Å². The van der Waals surface area contributed by atoms with Gasteiger partial charge in [-0.05, 0) is 56.3 Å². The lowest BCUT2D eigenvalue weighted by molar-refractivity contribution is 0.203. The van der Waals surface area contributed by atoms with Crippen LogP contribution in [0.3, 0.4) is 0 Å². The molecule has 5 heteroatoms. The molecule has 1 aromatic carbocycles. The highest BCUT2D eigenvalue weighted by Gasteiger charge is 2.19. The second kappa shape index (κ2) is 10.5. The molecule has 0 aromatic heterocycles. The number of hydrogen-bond donors (Lipinski definition) is 2. The lowest BCUT2D eigenvalue weighted by atomic mass is 10.0. The molecule has 0 bridgehead atoms. The molecule has 3 rings (SSSR count). The molecule has 2 aliphatic rings. The molecule has 0 amide bonds. The SMILES string of the molecule is CCCCN1CCC(NC(=NCCc2ccc3c(c2)CCO3)NCC)CC1. The smallest absolute Gasteiger partial charge is 0.191 e. The summed E-state index contributed by atoms with van der Waals surface area (Å²) < 4.78 is 5.59. The summed E-state index contributed by atoms with van der Waals surface area (Å²) >= 11 is 0. The Kier molecular flexibility index (Phi) is 7.81. The molecule has 2 aliphatic heterocycles. The Hall–Kier alpha value is -1.75. The fraction of sp³-hybridized carbons (Fsp3) is 0.682. The molecule has 5 nitrogen and oxygen atoms in total. The molecule has 2 heterocycles. The average Bonchev–Trinajstić information content (AvgIpc) is 3.15. The first-order valence-corrected chi connectivity index (χ1v) is 10.8. The standard InChI is InChI=1S/C22H36N4O/c1-3-5-13-26-14-9-20(10-15-26)25-22(23-4-2)24-12-8-18-6-7-21-19(17-18)11-16-27-21/h6-7,17,20H,3-5,8-16H2,1-2H3,(H2,23,24,25). The third-order valence-electron chi connectivity index (χ3n) is 5.52. The molecule has 0 atom stereocenters. The third-order valence-corrected chi connectivity index (χ3v) is 5.52. The second-order valence-corrected chi connectivity index (χ2v) is 7.66.